The number of fused-ring (bicyclic) bond motifs is 1. The highest BCUT2D eigenvalue weighted by molar-refractivity contribution is 5.77. The first kappa shape index (κ1) is 15.4. The van der Waals surface area contributed by atoms with Crippen LogP contribution >= 0.6 is 0 Å². The van der Waals surface area contributed by atoms with E-state index in [-0.39, 0.29) is 17.6 Å². The molecule has 0 aliphatic heterocycles. The largest absolute Gasteiger partial charge is 0.309 e. The van der Waals surface area contributed by atoms with Crippen LogP contribution in [-0.2, 0) is 6.54 Å². The predicted octanol–water partition coefficient (Wildman–Crippen LogP) is 2.17. The van der Waals surface area contributed by atoms with Crippen molar-refractivity contribution in [3.05, 3.63) is 58.4 Å². The van der Waals surface area contributed by atoms with Crippen LogP contribution in [0.2, 0.25) is 0 Å². The SMILES string of the molecule is Cc1cnn(C[C@H](C)N[C@H](C)c2nc3ccccc3c(=O)[nH]2)c1. The van der Waals surface area contributed by atoms with Crippen LogP contribution in [-0.4, -0.2) is 25.8 Å². The summed E-state index contributed by atoms with van der Waals surface area (Å²) in [6.45, 7) is 6.87. The summed E-state index contributed by atoms with van der Waals surface area (Å²) in [6.07, 6.45) is 3.86. The van der Waals surface area contributed by atoms with Gasteiger partial charge in [-0.15, -0.1) is 0 Å². The molecule has 120 valence electrons. The van der Waals surface area contributed by atoms with Crippen LogP contribution in [0.15, 0.2) is 41.5 Å². The Morgan fingerprint density at radius 3 is 2.83 bits per heavy atom. The number of hydrogen-bond acceptors (Lipinski definition) is 4. The van der Waals surface area contributed by atoms with Crippen LogP contribution in [0.5, 0.6) is 0 Å². The lowest BCUT2D eigenvalue weighted by atomic mass is 10.2. The molecule has 3 aromatic rings. The second kappa shape index (κ2) is 6.34. The predicted molar refractivity (Wildman–Crippen MR) is 90.3 cm³/mol. The van der Waals surface area contributed by atoms with E-state index in [0.717, 1.165) is 17.6 Å². The molecule has 23 heavy (non-hydrogen) atoms. The zero-order valence-corrected chi connectivity index (χ0v) is 13.6. The molecule has 1 aromatic carbocycles. The second-order valence-corrected chi connectivity index (χ2v) is 6.00. The van der Waals surface area contributed by atoms with Gasteiger partial charge >= 0.3 is 0 Å². The highest BCUT2D eigenvalue weighted by Crippen LogP contribution is 2.11. The maximum absolute atomic E-state index is 12.1. The van der Waals surface area contributed by atoms with Crippen LogP contribution in [0.4, 0.5) is 0 Å². The lowest BCUT2D eigenvalue weighted by molar-refractivity contribution is 0.404. The molecule has 0 fully saturated rings. The van der Waals surface area contributed by atoms with Crippen molar-refractivity contribution in [2.24, 2.45) is 0 Å². The minimum Gasteiger partial charge on any atom is -0.309 e. The normalized spacial score (nSPS) is 14.0. The number of hydrogen-bond donors (Lipinski definition) is 2. The molecule has 0 aliphatic carbocycles. The Morgan fingerprint density at radius 2 is 2.09 bits per heavy atom. The van der Waals surface area contributed by atoms with Gasteiger partial charge < -0.3 is 10.3 Å². The fourth-order valence-corrected chi connectivity index (χ4v) is 2.72. The van der Waals surface area contributed by atoms with E-state index in [9.17, 15) is 4.79 Å². The van der Waals surface area contributed by atoms with E-state index >= 15 is 0 Å². The van der Waals surface area contributed by atoms with Gasteiger partial charge in [0.1, 0.15) is 5.82 Å². The summed E-state index contributed by atoms with van der Waals surface area (Å²) in [5, 5.41) is 8.36. The van der Waals surface area contributed by atoms with E-state index in [1.807, 2.05) is 49.1 Å². The molecular weight excluding hydrogens is 290 g/mol. The van der Waals surface area contributed by atoms with Crippen LogP contribution < -0.4 is 10.9 Å². The molecular formula is C17H21N5O. The minimum absolute atomic E-state index is 0.0565. The van der Waals surface area contributed by atoms with Crippen LogP contribution in [0, 0.1) is 6.92 Å². The van der Waals surface area contributed by atoms with E-state index in [0.29, 0.717) is 11.2 Å². The Balaban J connectivity index is 1.75. The number of nitrogens with one attached hydrogen (secondary N) is 2. The van der Waals surface area contributed by atoms with Gasteiger partial charge in [0, 0.05) is 12.2 Å². The van der Waals surface area contributed by atoms with Crippen LogP contribution in [0.3, 0.4) is 0 Å². The standard InChI is InChI=1S/C17H21N5O/c1-11-8-18-22(9-11)10-12(2)19-13(3)16-20-15-7-5-4-6-14(15)17(23)21-16/h4-9,12-13,19H,10H2,1-3H3,(H,20,21,23)/t12-,13+/m0/s1. The van der Waals surface area contributed by atoms with E-state index in [2.05, 4.69) is 27.3 Å². The maximum atomic E-state index is 12.1. The first-order valence-corrected chi connectivity index (χ1v) is 7.77. The number of benzene rings is 1. The van der Waals surface area contributed by atoms with Crippen molar-refractivity contribution in [1.29, 1.82) is 0 Å². The summed E-state index contributed by atoms with van der Waals surface area (Å²) in [5.74, 6) is 0.650. The first-order valence-electron chi connectivity index (χ1n) is 7.77. The monoisotopic (exact) mass is 311 g/mol. The smallest absolute Gasteiger partial charge is 0.258 e. The third kappa shape index (κ3) is 3.48. The number of H-pyrrole nitrogens is 1. The molecule has 2 N–H and O–H groups in total. The molecule has 0 unspecified atom stereocenters. The van der Waals surface area contributed by atoms with Gasteiger partial charge in [-0.3, -0.25) is 9.48 Å². The van der Waals surface area contributed by atoms with Crippen molar-refractivity contribution >= 4 is 10.9 Å². The molecule has 6 heteroatoms. The molecule has 6 nitrogen and oxygen atoms in total. The van der Waals surface area contributed by atoms with Gasteiger partial charge in [-0.05, 0) is 38.5 Å². The van der Waals surface area contributed by atoms with Gasteiger partial charge in [-0.2, -0.15) is 5.10 Å². The zero-order valence-electron chi connectivity index (χ0n) is 13.6. The number of para-hydroxylation sites is 1. The maximum Gasteiger partial charge on any atom is 0.258 e. The highest BCUT2D eigenvalue weighted by atomic mass is 16.1. The van der Waals surface area contributed by atoms with Gasteiger partial charge in [-0.1, -0.05) is 12.1 Å². The summed E-state index contributed by atoms with van der Waals surface area (Å²) in [6, 6.07) is 7.51. The summed E-state index contributed by atoms with van der Waals surface area (Å²) in [5.41, 5.74) is 1.76. The van der Waals surface area contributed by atoms with Crippen molar-refractivity contribution in [3.63, 3.8) is 0 Å². The Labute approximate surface area is 134 Å². The van der Waals surface area contributed by atoms with Crippen molar-refractivity contribution in [3.8, 4) is 0 Å². The molecule has 3 rings (SSSR count). The number of aromatic amines is 1. The van der Waals surface area contributed by atoms with E-state index < -0.39 is 0 Å². The molecule has 0 saturated carbocycles. The van der Waals surface area contributed by atoms with Gasteiger partial charge in [-0.25, -0.2) is 4.98 Å². The fraction of sp³-hybridized carbons (Fsp3) is 0.353. The van der Waals surface area contributed by atoms with E-state index in [1.54, 1.807) is 6.07 Å². The molecule has 0 saturated heterocycles. The lowest BCUT2D eigenvalue weighted by Crippen LogP contribution is -2.34. The van der Waals surface area contributed by atoms with Gasteiger partial charge in [0.05, 0.1) is 29.7 Å². The van der Waals surface area contributed by atoms with Crippen molar-refractivity contribution < 1.29 is 0 Å². The van der Waals surface area contributed by atoms with Crippen LogP contribution in [0.25, 0.3) is 10.9 Å². The molecule has 0 spiro atoms. The first-order chi connectivity index (χ1) is 11.0. The molecule has 0 radical (unpaired) electrons. The van der Waals surface area contributed by atoms with Gasteiger partial charge in [0.15, 0.2) is 0 Å². The molecule has 0 bridgehead atoms. The third-order valence-corrected chi connectivity index (χ3v) is 3.80. The average Bonchev–Trinajstić information content (AvgIpc) is 2.92. The van der Waals surface area contributed by atoms with E-state index in [1.165, 1.54) is 0 Å². The molecule has 0 aliphatic rings. The Hall–Kier alpha value is -2.47. The molecule has 0 amide bonds. The Kier molecular flexibility index (Phi) is 4.25. The Morgan fingerprint density at radius 1 is 1.30 bits per heavy atom. The summed E-state index contributed by atoms with van der Waals surface area (Å²) >= 11 is 0. The summed E-state index contributed by atoms with van der Waals surface area (Å²) < 4.78 is 1.91. The Bertz CT molecular complexity index is 867. The number of nitrogens with zero attached hydrogens (tertiary/aromatic N) is 3. The van der Waals surface area contributed by atoms with E-state index in [4.69, 9.17) is 0 Å². The summed E-state index contributed by atoms with van der Waals surface area (Å²) in [7, 11) is 0. The molecule has 2 atom stereocenters. The number of aryl methyl sites for hydroxylation is 1. The fourth-order valence-electron chi connectivity index (χ4n) is 2.72. The average molecular weight is 311 g/mol. The molecule has 2 heterocycles. The molecule has 2 aromatic heterocycles. The number of aromatic nitrogens is 4. The van der Waals surface area contributed by atoms with Crippen molar-refractivity contribution in [2.75, 3.05) is 0 Å². The lowest BCUT2D eigenvalue weighted by Gasteiger charge is -2.19. The number of rotatable bonds is 5. The second-order valence-electron chi connectivity index (χ2n) is 6.00. The highest BCUT2D eigenvalue weighted by Gasteiger charge is 2.14. The van der Waals surface area contributed by atoms with Crippen molar-refractivity contribution in [1.82, 2.24) is 25.1 Å². The zero-order chi connectivity index (χ0) is 16.4. The van der Waals surface area contributed by atoms with Gasteiger partial charge in [0.25, 0.3) is 5.56 Å². The summed E-state index contributed by atoms with van der Waals surface area (Å²) in [4.78, 5) is 19.6. The quantitative estimate of drug-likeness (QED) is 0.757. The minimum atomic E-state index is -0.102. The topological polar surface area (TPSA) is 75.6 Å². The third-order valence-electron chi connectivity index (χ3n) is 3.80. The van der Waals surface area contributed by atoms with Crippen LogP contribution in [0.1, 0.15) is 31.3 Å². The van der Waals surface area contributed by atoms with Crippen molar-refractivity contribution in [2.45, 2.75) is 39.4 Å². The van der Waals surface area contributed by atoms with Gasteiger partial charge in [0.2, 0.25) is 0 Å².